The van der Waals surface area contributed by atoms with Crippen molar-refractivity contribution in [1.82, 2.24) is 25.3 Å². The fourth-order valence-corrected chi connectivity index (χ4v) is 3.25. The zero-order valence-electron chi connectivity index (χ0n) is 14.5. The van der Waals surface area contributed by atoms with Crippen LogP contribution in [0.3, 0.4) is 0 Å². The first-order chi connectivity index (χ1) is 12.7. The average Bonchev–Trinajstić information content (AvgIpc) is 3.30. The monoisotopic (exact) mass is 373 g/mol. The summed E-state index contributed by atoms with van der Waals surface area (Å²) in [5, 5.41) is 8.13. The molecular weight excluding hydrogens is 354 g/mol. The minimum atomic E-state index is 0.148. The summed E-state index contributed by atoms with van der Waals surface area (Å²) in [7, 11) is 2.07. The Hall–Kier alpha value is -2.22. The molecule has 0 aliphatic carbocycles. The van der Waals surface area contributed by atoms with Gasteiger partial charge in [0.05, 0.1) is 17.3 Å². The third-order valence-corrected chi connectivity index (χ3v) is 4.87. The highest BCUT2D eigenvalue weighted by Gasteiger charge is 2.25. The van der Waals surface area contributed by atoms with Gasteiger partial charge in [0, 0.05) is 38.0 Å². The van der Waals surface area contributed by atoms with Crippen LogP contribution in [0.5, 0.6) is 0 Å². The highest BCUT2D eigenvalue weighted by atomic mass is 35.5. The van der Waals surface area contributed by atoms with Gasteiger partial charge in [-0.3, -0.25) is 4.90 Å². The summed E-state index contributed by atoms with van der Waals surface area (Å²) >= 11 is 6.20. The zero-order chi connectivity index (χ0) is 17.9. The van der Waals surface area contributed by atoms with Crippen LogP contribution in [-0.2, 0) is 12.8 Å². The highest BCUT2D eigenvalue weighted by Crippen LogP contribution is 2.28. The zero-order valence-corrected chi connectivity index (χ0v) is 15.2. The van der Waals surface area contributed by atoms with Gasteiger partial charge in [-0.15, -0.1) is 0 Å². The highest BCUT2D eigenvalue weighted by molar-refractivity contribution is 6.33. The summed E-state index contributed by atoms with van der Waals surface area (Å²) in [6.45, 7) is 2.78. The van der Waals surface area contributed by atoms with Gasteiger partial charge in [0.2, 0.25) is 5.89 Å². The standard InChI is InChI=1S/C18H20ClN5O2/c1-24-9-8-20-10-14(24)18-22-17(26-23-18)7-6-16-21-11-15(25-16)12-4-2-3-5-13(12)19/h2-5,11,14,20H,6-10H2,1H3. The number of benzene rings is 1. The summed E-state index contributed by atoms with van der Waals surface area (Å²) in [6.07, 6.45) is 2.86. The molecule has 1 fully saturated rings. The molecule has 26 heavy (non-hydrogen) atoms. The van der Waals surface area contributed by atoms with E-state index in [1.54, 1.807) is 6.20 Å². The number of likely N-dealkylation sites (N-methyl/N-ethyl adjacent to an activating group) is 1. The second-order valence-electron chi connectivity index (χ2n) is 6.34. The lowest BCUT2D eigenvalue weighted by Gasteiger charge is -2.30. The van der Waals surface area contributed by atoms with Gasteiger partial charge < -0.3 is 14.3 Å². The molecule has 1 saturated heterocycles. The van der Waals surface area contributed by atoms with E-state index in [2.05, 4.69) is 32.4 Å². The molecule has 3 aromatic rings. The second kappa shape index (κ2) is 7.57. The third kappa shape index (κ3) is 3.65. The molecule has 7 nitrogen and oxygen atoms in total. The maximum Gasteiger partial charge on any atom is 0.227 e. The molecule has 4 rings (SSSR count). The molecule has 1 unspecified atom stereocenters. The van der Waals surface area contributed by atoms with Crippen LogP contribution in [0.15, 0.2) is 39.4 Å². The summed E-state index contributed by atoms with van der Waals surface area (Å²) in [5.74, 6) is 2.60. The van der Waals surface area contributed by atoms with Crippen molar-refractivity contribution < 1.29 is 8.94 Å². The number of halogens is 1. The average molecular weight is 374 g/mol. The van der Waals surface area contributed by atoms with Crippen LogP contribution in [0, 0.1) is 0 Å². The number of rotatable bonds is 5. The normalized spacial score (nSPS) is 18.3. The van der Waals surface area contributed by atoms with Crippen LogP contribution < -0.4 is 5.32 Å². The first-order valence-corrected chi connectivity index (χ1v) is 9.01. The van der Waals surface area contributed by atoms with E-state index in [1.165, 1.54) is 0 Å². The van der Waals surface area contributed by atoms with E-state index in [0.29, 0.717) is 35.4 Å². The Kier molecular flexibility index (Phi) is 5.01. The SMILES string of the molecule is CN1CCNCC1c1noc(CCc2ncc(-c3ccccc3Cl)o2)n1. The van der Waals surface area contributed by atoms with Crippen LogP contribution in [0.25, 0.3) is 11.3 Å². The van der Waals surface area contributed by atoms with E-state index in [1.807, 2.05) is 24.3 Å². The Morgan fingerprint density at radius 2 is 2.12 bits per heavy atom. The Balaban J connectivity index is 1.40. The second-order valence-corrected chi connectivity index (χ2v) is 6.75. The fraction of sp³-hybridized carbons (Fsp3) is 0.389. The number of nitrogens with zero attached hydrogens (tertiary/aromatic N) is 4. The van der Waals surface area contributed by atoms with Gasteiger partial charge in [0.15, 0.2) is 17.5 Å². The molecule has 0 spiro atoms. The molecule has 0 bridgehead atoms. The van der Waals surface area contributed by atoms with Gasteiger partial charge in [-0.2, -0.15) is 4.98 Å². The molecule has 1 aliphatic rings. The van der Waals surface area contributed by atoms with Gasteiger partial charge in [-0.1, -0.05) is 28.9 Å². The third-order valence-electron chi connectivity index (χ3n) is 4.54. The maximum absolute atomic E-state index is 6.20. The molecule has 1 aliphatic heterocycles. The molecule has 1 N–H and O–H groups in total. The van der Waals surface area contributed by atoms with Crippen molar-refractivity contribution in [1.29, 1.82) is 0 Å². The van der Waals surface area contributed by atoms with Crippen molar-refractivity contribution in [3.05, 3.63) is 53.1 Å². The van der Waals surface area contributed by atoms with E-state index in [0.717, 1.165) is 31.0 Å². The number of aryl methyl sites for hydroxylation is 2. The molecule has 1 aromatic carbocycles. The van der Waals surface area contributed by atoms with Gasteiger partial charge in [0.25, 0.3) is 0 Å². The Bertz CT molecular complexity index is 878. The molecule has 8 heteroatoms. The van der Waals surface area contributed by atoms with E-state index < -0.39 is 0 Å². The molecule has 1 atom stereocenters. The van der Waals surface area contributed by atoms with Crippen molar-refractivity contribution in [3.8, 4) is 11.3 Å². The van der Waals surface area contributed by atoms with Gasteiger partial charge >= 0.3 is 0 Å². The molecule has 0 saturated carbocycles. The van der Waals surface area contributed by atoms with Crippen molar-refractivity contribution in [3.63, 3.8) is 0 Å². The van der Waals surface area contributed by atoms with E-state index in [9.17, 15) is 0 Å². The summed E-state index contributed by atoms with van der Waals surface area (Å²) < 4.78 is 11.2. The van der Waals surface area contributed by atoms with Gasteiger partial charge in [0.1, 0.15) is 0 Å². The molecule has 0 radical (unpaired) electrons. The smallest absolute Gasteiger partial charge is 0.227 e. The molecule has 136 valence electrons. The van der Waals surface area contributed by atoms with Gasteiger partial charge in [-0.05, 0) is 19.2 Å². The van der Waals surface area contributed by atoms with Crippen molar-refractivity contribution in [2.75, 3.05) is 26.7 Å². The fourth-order valence-electron chi connectivity index (χ4n) is 3.02. The quantitative estimate of drug-likeness (QED) is 0.736. The predicted octanol–water partition coefficient (Wildman–Crippen LogP) is 2.74. The summed E-state index contributed by atoms with van der Waals surface area (Å²) in [4.78, 5) is 11.1. The lowest BCUT2D eigenvalue weighted by atomic mass is 10.2. The van der Waals surface area contributed by atoms with Crippen LogP contribution in [0.4, 0.5) is 0 Å². The van der Waals surface area contributed by atoms with Crippen molar-refractivity contribution in [2.45, 2.75) is 18.9 Å². The molecule has 3 heterocycles. The lowest BCUT2D eigenvalue weighted by Crippen LogP contribution is -2.44. The number of piperazine rings is 1. The number of oxazole rings is 1. The minimum absolute atomic E-state index is 0.148. The minimum Gasteiger partial charge on any atom is -0.441 e. The van der Waals surface area contributed by atoms with Gasteiger partial charge in [-0.25, -0.2) is 4.98 Å². The topological polar surface area (TPSA) is 80.2 Å². The Morgan fingerprint density at radius 3 is 2.96 bits per heavy atom. The number of hydrogen-bond acceptors (Lipinski definition) is 7. The van der Waals surface area contributed by atoms with Crippen LogP contribution in [0.1, 0.15) is 23.6 Å². The maximum atomic E-state index is 6.20. The Morgan fingerprint density at radius 1 is 1.27 bits per heavy atom. The number of hydrogen-bond donors (Lipinski definition) is 1. The molecule has 2 aromatic heterocycles. The van der Waals surface area contributed by atoms with Crippen LogP contribution >= 0.6 is 11.6 Å². The summed E-state index contributed by atoms with van der Waals surface area (Å²) in [5.41, 5.74) is 0.834. The van der Waals surface area contributed by atoms with Crippen molar-refractivity contribution in [2.24, 2.45) is 0 Å². The van der Waals surface area contributed by atoms with E-state index in [-0.39, 0.29) is 6.04 Å². The number of aromatic nitrogens is 3. The summed E-state index contributed by atoms with van der Waals surface area (Å²) in [6, 6.07) is 7.69. The first kappa shape index (κ1) is 17.2. The molecular formula is C18H20ClN5O2. The molecule has 0 amide bonds. The number of nitrogens with one attached hydrogen (secondary N) is 1. The predicted molar refractivity (Wildman–Crippen MR) is 96.9 cm³/mol. The lowest BCUT2D eigenvalue weighted by molar-refractivity contribution is 0.190. The van der Waals surface area contributed by atoms with E-state index in [4.69, 9.17) is 20.5 Å². The van der Waals surface area contributed by atoms with Crippen LogP contribution in [0.2, 0.25) is 5.02 Å². The first-order valence-electron chi connectivity index (χ1n) is 8.64. The largest absolute Gasteiger partial charge is 0.441 e. The van der Waals surface area contributed by atoms with Crippen molar-refractivity contribution >= 4 is 11.6 Å². The van der Waals surface area contributed by atoms with Crippen LogP contribution in [-0.4, -0.2) is 46.7 Å². The Labute approximate surface area is 156 Å². The van der Waals surface area contributed by atoms with E-state index >= 15 is 0 Å².